The van der Waals surface area contributed by atoms with E-state index in [4.69, 9.17) is 21.1 Å². The number of nitrogens with zero attached hydrogens (tertiary/aromatic N) is 1. The second-order valence-corrected chi connectivity index (χ2v) is 7.70. The Bertz CT molecular complexity index is 712. The van der Waals surface area contributed by atoms with Crippen LogP contribution in [0, 0.1) is 5.92 Å². The molecule has 1 aliphatic heterocycles. The van der Waals surface area contributed by atoms with Crippen LogP contribution in [-0.2, 0) is 5.60 Å². The van der Waals surface area contributed by atoms with Crippen molar-refractivity contribution in [3.8, 4) is 11.5 Å². The number of piperidine rings is 1. The van der Waals surface area contributed by atoms with E-state index in [1.807, 2.05) is 48.5 Å². The first-order valence-corrected chi connectivity index (χ1v) is 10.5. The molecule has 0 saturated carbocycles. The zero-order chi connectivity index (χ0) is 20.0. The van der Waals surface area contributed by atoms with Gasteiger partial charge in [-0.3, -0.25) is 0 Å². The molecule has 2 aromatic rings. The molecule has 5 heteroatoms. The van der Waals surface area contributed by atoms with Gasteiger partial charge >= 0.3 is 0 Å². The summed E-state index contributed by atoms with van der Waals surface area (Å²) in [4.78, 5) is 2.43. The van der Waals surface area contributed by atoms with E-state index >= 15 is 0 Å². The Kier molecular flexibility index (Phi) is 7.22. The minimum Gasteiger partial charge on any atom is -0.496 e. The maximum absolute atomic E-state index is 12.3. The van der Waals surface area contributed by atoms with Crippen LogP contribution in [0.4, 0.5) is 0 Å². The second kappa shape index (κ2) is 9.64. The molecule has 0 amide bonds. The van der Waals surface area contributed by atoms with Crippen molar-refractivity contribution >= 4 is 11.6 Å². The maximum Gasteiger partial charge on any atom is 0.125 e. The van der Waals surface area contributed by atoms with Crippen LogP contribution in [0.25, 0.3) is 0 Å². The third kappa shape index (κ3) is 4.14. The van der Waals surface area contributed by atoms with Gasteiger partial charge < -0.3 is 19.5 Å². The smallest absolute Gasteiger partial charge is 0.125 e. The van der Waals surface area contributed by atoms with Crippen LogP contribution in [0.3, 0.4) is 0 Å². The molecule has 2 aromatic carbocycles. The maximum atomic E-state index is 12.3. The average molecular weight is 404 g/mol. The number of hydrogen-bond acceptors (Lipinski definition) is 4. The van der Waals surface area contributed by atoms with Crippen molar-refractivity contribution in [2.24, 2.45) is 5.92 Å². The topological polar surface area (TPSA) is 41.9 Å². The zero-order valence-electron chi connectivity index (χ0n) is 16.7. The molecule has 0 spiro atoms. The van der Waals surface area contributed by atoms with Crippen LogP contribution in [0.15, 0.2) is 48.5 Å². The number of hydrogen-bond donors (Lipinski definition) is 1. The summed E-state index contributed by atoms with van der Waals surface area (Å²) in [5, 5.41) is 12.3. The summed E-state index contributed by atoms with van der Waals surface area (Å²) in [6.45, 7) is 2.92. The Morgan fingerprint density at radius 3 is 1.93 bits per heavy atom. The molecule has 4 nitrogen and oxygen atoms in total. The van der Waals surface area contributed by atoms with Gasteiger partial charge in [-0.25, -0.2) is 0 Å². The quantitative estimate of drug-likeness (QED) is 0.668. The summed E-state index contributed by atoms with van der Waals surface area (Å²) >= 11 is 5.85. The molecule has 0 aliphatic carbocycles. The van der Waals surface area contributed by atoms with Gasteiger partial charge in [0.15, 0.2) is 0 Å². The molecule has 152 valence electrons. The number of alkyl halides is 1. The van der Waals surface area contributed by atoms with Gasteiger partial charge in [-0.05, 0) is 56.9 Å². The van der Waals surface area contributed by atoms with Gasteiger partial charge in [0.2, 0.25) is 0 Å². The molecule has 1 aliphatic rings. The monoisotopic (exact) mass is 403 g/mol. The van der Waals surface area contributed by atoms with Crippen molar-refractivity contribution in [2.45, 2.75) is 24.9 Å². The fourth-order valence-corrected chi connectivity index (χ4v) is 4.48. The summed E-state index contributed by atoms with van der Waals surface area (Å²) in [5.41, 5.74) is 0.403. The standard InChI is InChI=1S/C23H30ClNO3/c1-27-21-10-5-3-8-19(21)23(26,20-9-4-6-11-22(20)28-2)18-12-16-25(17-13-18)15-7-14-24/h3-6,8-11,18,26H,7,12-17H2,1-2H3. The molecule has 28 heavy (non-hydrogen) atoms. The molecule has 3 rings (SSSR count). The van der Waals surface area contributed by atoms with E-state index in [1.54, 1.807) is 14.2 Å². The van der Waals surface area contributed by atoms with Crippen molar-refractivity contribution in [1.29, 1.82) is 0 Å². The molecule has 0 bridgehead atoms. The molecule has 0 aromatic heterocycles. The Balaban J connectivity index is 2.01. The summed E-state index contributed by atoms with van der Waals surface area (Å²) in [6.07, 6.45) is 2.79. The highest BCUT2D eigenvalue weighted by molar-refractivity contribution is 6.17. The van der Waals surface area contributed by atoms with E-state index in [0.717, 1.165) is 50.0 Å². The Morgan fingerprint density at radius 1 is 0.964 bits per heavy atom. The Morgan fingerprint density at radius 2 is 1.46 bits per heavy atom. The van der Waals surface area contributed by atoms with Crippen LogP contribution in [0.5, 0.6) is 11.5 Å². The van der Waals surface area contributed by atoms with Crippen molar-refractivity contribution in [3.05, 3.63) is 59.7 Å². The lowest BCUT2D eigenvalue weighted by Gasteiger charge is -2.43. The molecule has 1 heterocycles. The van der Waals surface area contributed by atoms with Gasteiger partial charge in [0.1, 0.15) is 17.1 Å². The number of aliphatic hydroxyl groups is 1. The first-order valence-electron chi connectivity index (χ1n) is 9.92. The lowest BCUT2D eigenvalue weighted by atomic mass is 9.71. The lowest BCUT2D eigenvalue weighted by Crippen LogP contribution is -2.44. The second-order valence-electron chi connectivity index (χ2n) is 7.33. The summed E-state index contributed by atoms with van der Waals surface area (Å²) in [7, 11) is 3.30. The van der Waals surface area contributed by atoms with Gasteiger partial charge in [0, 0.05) is 17.0 Å². The molecular weight excluding hydrogens is 374 g/mol. The number of para-hydroxylation sites is 2. The van der Waals surface area contributed by atoms with Gasteiger partial charge in [0.05, 0.1) is 14.2 Å². The first-order chi connectivity index (χ1) is 13.6. The van der Waals surface area contributed by atoms with Crippen LogP contribution in [0.2, 0.25) is 0 Å². The van der Waals surface area contributed by atoms with Gasteiger partial charge in [-0.1, -0.05) is 36.4 Å². The first kappa shape index (κ1) is 21.0. The number of likely N-dealkylation sites (tertiary alicyclic amines) is 1. The van der Waals surface area contributed by atoms with Crippen LogP contribution < -0.4 is 9.47 Å². The van der Waals surface area contributed by atoms with Gasteiger partial charge in [0.25, 0.3) is 0 Å². The Labute approximate surface area is 173 Å². The number of benzene rings is 2. The van der Waals surface area contributed by atoms with Crippen LogP contribution in [-0.4, -0.2) is 49.7 Å². The van der Waals surface area contributed by atoms with E-state index in [2.05, 4.69) is 4.90 Å². The molecule has 0 radical (unpaired) electrons. The number of methoxy groups -OCH3 is 2. The predicted octanol–water partition coefficient (Wildman–Crippen LogP) is 4.28. The van der Waals surface area contributed by atoms with Crippen LogP contribution >= 0.6 is 11.6 Å². The van der Waals surface area contributed by atoms with Crippen molar-refractivity contribution in [3.63, 3.8) is 0 Å². The number of halogens is 1. The molecule has 1 N–H and O–H groups in total. The fraction of sp³-hybridized carbons (Fsp3) is 0.478. The van der Waals surface area contributed by atoms with E-state index in [-0.39, 0.29) is 5.92 Å². The van der Waals surface area contributed by atoms with Gasteiger partial charge in [-0.15, -0.1) is 11.6 Å². The SMILES string of the molecule is COc1ccccc1C(O)(c1ccccc1OC)C1CCN(CCCCl)CC1. The minimum atomic E-state index is -1.18. The Hall–Kier alpha value is -1.75. The highest BCUT2D eigenvalue weighted by Gasteiger charge is 2.44. The van der Waals surface area contributed by atoms with Crippen LogP contribution in [0.1, 0.15) is 30.4 Å². The number of ether oxygens (including phenoxy) is 2. The third-order valence-electron chi connectivity index (χ3n) is 5.82. The molecule has 1 saturated heterocycles. The van der Waals surface area contributed by atoms with E-state index in [1.165, 1.54) is 0 Å². The molecule has 1 fully saturated rings. The van der Waals surface area contributed by atoms with E-state index < -0.39 is 5.60 Å². The highest BCUT2D eigenvalue weighted by Crippen LogP contribution is 2.47. The van der Waals surface area contributed by atoms with Crippen molar-refractivity contribution in [1.82, 2.24) is 4.90 Å². The third-order valence-corrected chi connectivity index (χ3v) is 6.09. The zero-order valence-corrected chi connectivity index (χ0v) is 17.5. The van der Waals surface area contributed by atoms with Crippen molar-refractivity contribution < 1.29 is 14.6 Å². The van der Waals surface area contributed by atoms with E-state index in [9.17, 15) is 5.11 Å². The average Bonchev–Trinajstić information content (AvgIpc) is 2.77. The lowest BCUT2D eigenvalue weighted by molar-refractivity contribution is -0.0171. The summed E-state index contributed by atoms with van der Waals surface area (Å²) in [6, 6.07) is 15.5. The normalized spacial score (nSPS) is 16.1. The van der Waals surface area contributed by atoms with Crippen molar-refractivity contribution in [2.75, 3.05) is 39.7 Å². The minimum absolute atomic E-state index is 0.0624. The highest BCUT2D eigenvalue weighted by atomic mass is 35.5. The number of rotatable bonds is 8. The fourth-order valence-electron chi connectivity index (χ4n) is 4.36. The molecule has 0 atom stereocenters. The van der Waals surface area contributed by atoms with E-state index in [0.29, 0.717) is 17.4 Å². The largest absolute Gasteiger partial charge is 0.496 e. The molecular formula is C23H30ClNO3. The molecule has 0 unspecified atom stereocenters. The summed E-state index contributed by atoms with van der Waals surface area (Å²) in [5.74, 6) is 2.14. The summed E-state index contributed by atoms with van der Waals surface area (Å²) < 4.78 is 11.3. The van der Waals surface area contributed by atoms with Gasteiger partial charge in [-0.2, -0.15) is 0 Å². The predicted molar refractivity (Wildman–Crippen MR) is 113 cm³/mol.